The monoisotopic (exact) mass is 268 g/mol. The molecule has 0 N–H and O–H groups in total. The standard InChI is InChI=1S/C20H28/c1-8-10-11-16(9-2)20(6,7)18-14-12-17(13-15-18)19(3,4)5/h8-15H,2H2,1,3-7H3/b10-8-,16-11+. The Kier molecular flexibility index (Phi) is 5.16. The Bertz CT molecular complexity index is 502. The molecule has 0 radical (unpaired) electrons. The molecule has 0 amide bonds. The van der Waals surface area contributed by atoms with Gasteiger partial charge in [-0.25, -0.2) is 0 Å². The second-order valence-corrected chi connectivity index (χ2v) is 6.80. The molecular formula is C20H28. The van der Waals surface area contributed by atoms with E-state index in [4.69, 9.17) is 0 Å². The topological polar surface area (TPSA) is 0 Å². The first-order valence-corrected chi connectivity index (χ1v) is 7.30. The summed E-state index contributed by atoms with van der Waals surface area (Å²) in [5.74, 6) is 0. The van der Waals surface area contributed by atoms with Crippen LogP contribution in [0.15, 0.2) is 60.7 Å². The van der Waals surface area contributed by atoms with Gasteiger partial charge in [0.1, 0.15) is 0 Å². The summed E-state index contributed by atoms with van der Waals surface area (Å²) in [6.45, 7) is 17.2. The van der Waals surface area contributed by atoms with Gasteiger partial charge in [0.2, 0.25) is 0 Å². The maximum absolute atomic E-state index is 3.96. The Morgan fingerprint density at radius 3 is 1.85 bits per heavy atom. The van der Waals surface area contributed by atoms with Crippen LogP contribution in [0.2, 0.25) is 0 Å². The lowest BCUT2D eigenvalue weighted by Crippen LogP contribution is -2.20. The second-order valence-electron chi connectivity index (χ2n) is 6.80. The molecule has 0 unspecified atom stereocenters. The lowest BCUT2D eigenvalue weighted by molar-refractivity contribution is 0.587. The van der Waals surface area contributed by atoms with E-state index in [1.807, 2.05) is 19.1 Å². The fourth-order valence-corrected chi connectivity index (χ4v) is 2.28. The van der Waals surface area contributed by atoms with Crippen molar-refractivity contribution in [2.24, 2.45) is 0 Å². The SMILES string of the molecule is C=C/C(=C\C=C/C)C(C)(C)c1ccc(C(C)(C)C)cc1. The second kappa shape index (κ2) is 6.26. The summed E-state index contributed by atoms with van der Waals surface area (Å²) in [6, 6.07) is 8.97. The number of hydrogen-bond donors (Lipinski definition) is 0. The van der Waals surface area contributed by atoms with Gasteiger partial charge in [0.25, 0.3) is 0 Å². The summed E-state index contributed by atoms with van der Waals surface area (Å²) in [6.07, 6.45) is 8.22. The normalized spacial score (nSPS) is 13.8. The van der Waals surface area contributed by atoms with Gasteiger partial charge in [-0.2, -0.15) is 0 Å². The van der Waals surface area contributed by atoms with Gasteiger partial charge in [-0.15, -0.1) is 0 Å². The van der Waals surface area contributed by atoms with Crippen molar-refractivity contribution in [3.63, 3.8) is 0 Å². The molecule has 0 aromatic heterocycles. The van der Waals surface area contributed by atoms with Crippen LogP contribution < -0.4 is 0 Å². The first-order chi connectivity index (χ1) is 9.23. The van der Waals surface area contributed by atoms with Gasteiger partial charge in [-0.3, -0.25) is 0 Å². The molecule has 0 saturated heterocycles. The number of benzene rings is 1. The highest BCUT2D eigenvalue weighted by Gasteiger charge is 2.24. The Labute approximate surface area is 124 Å². The summed E-state index contributed by atoms with van der Waals surface area (Å²) in [5.41, 5.74) is 4.09. The van der Waals surface area contributed by atoms with Crippen LogP contribution in [0.25, 0.3) is 0 Å². The Hall–Kier alpha value is -1.56. The van der Waals surface area contributed by atoms with Gasteiger partial charge in [0, 0.05) is 5.41 Å². The van der Waals surface area contributed by atoms with Crippen molar-refractivity contribution < 1.29 is 0 Å². The highest BCUT2D eigenvalue weighted by atomic mass is 14.3. The molecule has 0 fully saturated rings. The summed E-state index contributed by atoms with van der Waals surface area (Å²) in [5, 5.41) is 0. The summed E-state index contributed by atoms with van der Waals surface area (Å²) < 4.78 is 0. The van der Waals surface area contributed by atoms with Gasteiger partial charge in [-0.1, -0.05) is 89.8 Å². The number of allylic oxidation sites excluding steroid dienone is 5. The van der Waals surface area contributed by atoms with Crippen molar-refractivity contribution in [1.29, 1.82) is 0 Å². The number of hydrogen-bond acceptors (Lipinski definition) is 0. The van der Waals surface area contributed by atoms with E-state index < -0.39 is 0 Å². The van der Waals surface area contributed by atoms with Gasteiger partial charge >= 0.3 is 0 Å². The molecule has 1 aromatic carbocycles. The Morgan fingerprint density at radius 2 is 1.45 bits per heavy atom. The highest BCUT2D eigenvalue weighted by Crippen LogP contribution is 2.33. The predicted octanol–water partition coefficient (Wildman–Crippen LogP) is 5.95. The van der Waals surface area contributed by atoms with Crippen molar-refractivity contribution >= 4 is 0 Å². The molecule has 0 heteroatoms. The smallest absolute Gasteiger partial charge is 0.0146 e. The van der Waals surface area contributed by atoms with Crippen LogP contribution in [-0.4, -0.2) is 0 Å². The average molecular weight is 268 g/mol. The minimum atomic E-state index is -0.0301. The minimum absolute atomic E-state index is 0.0301. The predicted molar refractivity (Wildman–Crippen MR) is 91.3 cm³/mol. The van der Waals surface area contributed by atoms with E-state index >= 15 is 0 Å². The largest absolute Gasteiger partial charge is 0.0988 e. The third kappa shape index (κ3) is 3.72. The summed E-state index contributed by atoms with van der Waals surface area (Å²) in [4.78, 5) is 0. The molecule has 0 aliphatic carbocycles. The fraction of sp³-hybridized carbons (Fsp3) is 0.400. The van der Waals surface area contributed by atoms with Crippen LogP contribution in [-0.2, 0) is 10.8 Å². The molecule has 0 saturated carbocycles. The van der Waals surface area contributed by atoms with Crippen molar-refractivity contribution in [3.8, 4) is 0 Å². The zero-order valence-electron chi connectivity index (χ0n) is 13.8. The highest BCUT2D eigenvalue weighted by molar-refractivity contribution is 5.42. The van der Waals surface area contributed by atoms with Crippen LogP contribution >= 0.6 is 0 Å². The zero-order chi connectivity index (χ0) is 15.4. The molecule has 0 nitrogen and oxygen atoms in total. The average Bonchev–Trinajstić information content (AvgIpc) is 2.38. The maximum atomic E-state index is 3.96. The molecule has 0 aliphatic rings. The van der Waals surface area contributed by atoms with E-state index in [0.29, 0.717) is 0 Å². The Balaban J connectivity index is 3.18. The lowest BCUT2D eigenvalue weighted by Gasteiger charge is -2.28. The van der Waals surface area contributed by atoms with E-state index in [2.05, 4.69) is 77.6 Å². The molecule has 1 rings (SSSR count). The molecule has 0 atom stereocenters. The van der Waals surface area contributed by atoms with E-state index in [-0.39, 0.29) is 10.8 Å². The minimum Gasteiger partial charge on any atom is -0.0988 e. The molecule has 20 heavy (non-hydrogen) atoms. The van der Waals surface area contributed by atoms with Crippen molar-refractivity contribution in [2.45, 2.75) is 52.4 Å². The van der Waals surface area contributed by atoms with Crippen LogP contribution in [0.4, 0.5) is 0 Å². The van der Waals surface area contributed by atoms with Crippen molar-refractivity contribution in [3.05, 3.63) is 71.8 Å². The summed E-state index contributed by atoms with van der Waals surface area (Å²) >= 11 is 0. The molecule has 1 aromatic rings. The van der Waals surface area contributed by atoms with Gasteiger partial charge in [0.15, 0.2) is 0 Å². The van der Waals surface area contributed by atoms with Gasteiger partial charge in [0.05, 0.1) is 0 Å². The quantitative estimate of drug-likeness (QED) is 0.592. The first kappa shape index (κ1) is 16.5. The zero-order valence-corrected chi connectivity index (χ0v) is 13.8. The Morgan fingerprint density at radius 1 is 0.950 bits per heavy atom. The molecule has 108 valence electrons. The van der Waals surface area contributed by atoms with E-state index in [0.717, 1.165) is 0 Å². The maximum Gasteiger partial charge on any atom is 0.0146 e. The van der Waals surface area contributed by atoms with Crippen LogP contribution in [0.5, 0.6) is 0 Å². The van der Waals surface area contributed by atoms with E-state index in [1.165, 1.54) is 16.7 Å². The first-order valence-electron chi connectivity index (χ1n) is 7.30. The van der Waals surface area contributed by atoms with Crippen LogP contribution in [0, 0.1) is 0 Å². The van der Waals surface area contributed by atoms with Gasteiger partial charge < -0.3 is 0 Å². The lowest BCUT2D eigenvalue weighted by atomic mass is 9.76. The van der Waals surface area contributed by atoms with E-state index in [9.17, 15) is 0 Å². The van der Waals surface area contributed by atoms with Crippen LogP contribution in [0.1, 0.15) is 52.7 Å². The van der Waals surface area contributed by atoms with Crippen molar-refractivity contribution in [2.75, 3.05) is 0 Å². The van der Waals surface area contributed by atoms with Crippen molar-refractivity contribution in [1.82, 2.24) is 0 Å². The molecule has 0 bridgehead atoms. The van der Waals surface area contributed by atoms with E-state index in [1.54, 1.807) is 0 Å². The number of rotatable bonds is 4. The third-order valence-corrected chi connectivity index (χ3v) is 3.88. The molecular weight excluding hydrogens is 240 g/mol. The summed E-state index contributed by atoms with van der Waals surface area (Å²) in [7, 11) is 0. The fourth-order valence-electron chi connectivity index (χ4n) is 2.28. The molecule has 0 spiro atoms. The molecule has 0 aliphatic heterocycles. The molecule has 0 heterocycles. The van der Waals surface area contributed by atoms with Gasteiger partial charge in [-0.05, 0) is 29.0 Å². The third-order valence-electron chi connectivity index (χ3n) is 3.88. The van der Waals surface area contributed by atoms with Crippen LogP contribution in [0.3, 0.4) is 0 Å².